The molecule has 0 radical (unpaired) electrons. The van der Waals surface area contributed by atoms with Crippen LogP contribution in [0.25, 0.3) is 10.9 Å². The molecule has 1 saturated carbocycles. The van der Waals surface area contributed by atoms with Gasteiger partial charge in [-0.15, -0.1) is 12.0 Å². The zero-order valence-corrected chi connectivity index (χ0v) is 22.9. The van der Waals surface area contributed by atoms with E-state index in [-0.39, 0.29) is 6.04 Å². The third-order valence-corrected chi connectivity index (χ3v) is 7.32. The van der Waals surface area contributed by atoms with E-state index in [2.05, 4.69) is 56.5 Å². The van der Waals surface area contributed by atoms with Crippen LogP contribution in [0.1, 0.15) is 56.3 Å². The predicted octanol–water partition coefficient (Wildman–Crippen LogP) is 5.80. The summed E-state index contributed by atoms with van der Waals surface area (Å²) >= 11 is 0. The molecule has 6 rings (SSSR count). The summed E-state index contributed by atoms with van der Waals surface area (Å²) < 4.78 is 29.3. The smallest absolute Gasteiger partial charge is 0.212 e. The van der Waals surface area contributed by atoms with Crippen LogP contribution in [-0.2, 0) is 0 Å². The first-order valence-corrected chi connectivity index (χ1v) is 13.6. The number of nitrogens with zero attached hydrogens (tertiary/aromatic N) is 3. The second-order valence-electron chi connectivity index (χ2n) is 10.1. The molecule has 0 amide bonds. The van der Waals surface area contributed by atoms with Crippen LogP contribution in [0.15, 0.2) is 78.9 Å². The molecule has 0 saturated heterocycles. The van der Waals surface area contributed by atoms with Gasteiger partial charge >= 0.3 is 0 Å². The highest BCUT2D eigenvalue weighted by atomic mass is 19.1. The number of aromatic nitrogens is 2. The van der Waals surface area contributed by atoms with E-state index in [4.69, 9.17) is 11.2 Å². The van der Waals surface area contributed by atoms with Crippen LogP contribution >= 0.6 is 0 Å². The van der Waals surface area contributed by atoms with Gasteiger partial charge in [0, 0.05) is 41.8 Å². The van der Waals surface area contributed by atoms with E-state index in [1.807, 2.05) is 35.5 Å². The summed E-state index contributed by atoms with van der Waals surface area (Å²) in [5.41, 5.74) is 11.0. The second kappa shape index (κ2) is 11.4. The molecule has 2 aromatic carbocycles. The van der Waals surface area contributed by atoms with E-state index in [0.717, 1.165) is 35.9 Å². The maximum absolute atomic E-state index is 13.8. The Balaban J connectivity index is 1.46. The van der Waals surface area contributed by atoms with E-state index >= 15 is 0 Å². The molecule has 8 nitrogen and oxygen atoms in total. The molecule has 4 aromatic rings. The van der Waals surface area contributed by atoms with Crippen molar-refractivity contribution in [1.82, 2.24) is 25.9 Å². The first-order valence-electron chi connectivity index (χ1n) is 14.1. The fourth-order valence-electron chi connectivity index (χ4n) is 5.01. The van der Waals surface area contributed by atoms with Gasteiger partial charge in [-0.2, -0.15) is 4.39 Å². The molecular formula is C32H32FN7O. The van der Waals surface area contributed by atoms with Crippen LogP contribution in [0.5, 0.6) is 5.75 Å². The topological polar surface area (TPSA) is 86.4 Å². The van der Waals surface area contributed by atoms with Gasteiger partial charge in [0.2, 0.25) is 5.95 Å². The van der Waals surface area contributed by atoms with Crippen molar-refractivity contribution < 1.29 is 10.5 Å². The number of hydrogen-bond acceptors (Lipinski definition) is 8. The quantitative estimate of drug-likeness (QED) is 0.146. The maximum Gasteiger partial charge on any atom is 0.212 e. The Morgan fingerprint density at radius 1 is 1.15 bits per heavy atom. The van der Waals surface area contributed by atoms with Gasteiger partial charge in [0.25, 0.3) is 0 Å². The van der Waals surface area contributed by atoms with Crippen LogP contribution in [0.3, 0.4) is 0 Å². The van der Waals surface area contributed by atoms with Gasteiger partial charge in [0.15, 0.2) is 0 Å². The number of anilines is 2. The number of hydrogen-bond donors (Lipinski definition) is 4. The first-order chi connectivity index (χ1) is 20.4. The van der Waals surface area contributed by atoms with Crippen molar-refractivity contribution in [2.75, 3.05) is 17.7 Å². The average Bonchev–Trinajstić information content (AvgIpc) is 3.75. The highest BCUT2D eigenvalue weighted by Gasteiger charge is 2.32. The summed E-state index contributed by atoms with van der Waals surface area (Å²) in [5.74, 6) is 2.67. The molecule has 9 heteroatoms. The Kier molecular flexibility index (Phi) is 6.97. The maximum atomic E-state index is 13.8. The lowest BCUT2D eigenvalue weighted by molar-refractivity contribution is 0.260. The molecule has 1 aliphatic heterocycles. The molecule has 2 aromatic heterocycles. The number of nitrogens with one attached hydrogen (secondary N) is 4. The van der Waals surface area contributed by atoms with E-state index in [1.165, 1.54) is 12.3 Å². The number of terminal acetylenes is 1. The molecule has 0 unspecified atom stereocenters. The number of fused-ring (bicyclic) bond motifs is 1. The summed E-state index contributed by atoms with van der Waals surface area (Å²) in [6.45, 7) is 2.11. The third-order valence-electron chi connectivity index (χ3n) is 7.32. The number of rotatable bonds is 10. The Labute approximate surface area is 240 Å². The minimum Gasteiger partial charge on any atom is -0.494 e. The Morgan fingerprint density at radius 2 is 1.98 bits per heavy atom. The molecule has 2 atom stereocenters. The minimum atomic E-state index is -1.56. The normalized spacial score (nSPS) is 17.1. The van der Waals surface area contributed by atoms with Gasteiger partial charge in [0.1, 0.15) is 11.3 Å². The molecule has 3 heterocycles. The molecule has 1 fully saturated rings. The highest BCUT2D eigenvalue weighted by Crippen LogP contribution is 2.39. The Hall–Kier alpha value is -4.81. The van der Waals surface area contributed by atoms with Gasteiger partial charge in [-0.1, -0.05) is 49.2 Å². The monoisotopic (exact) mass is 550 g/mol. The number of pyridine rings is 2. The lowest BCUT2D eigenvalue weighted by atomic mass is 10.0. The molecule has 4 N–H and O–H groups in total. The molecular weight excluding hydrogens is 517 g/mol. The number of ether oxygens (including phenoxy) is 1. The number of benzene rings is 2. The largest absolute Gasteiger partial charge is 0.494 e. The van der Waals surface area contributed by atoms with Crippen molar-refractivity contribution in [3.8, 4) is 18.1 Å². The van der Waals surface area contributed by atoms with Crippen molar-refractivity contribution in [2.24, 2.45) is 0 Å². The van der Waals surface area contributed by atoms with Crippen LogP contribution in [-0.4, -0.2) is 28.1 Å². The fraction of sp³-hybridized carbons (Fsp3) is 0.250. The van der Waals surface area contributed by atoms with Crippen molar-refractivity contribution in [2.45, 2.75) is 44.3 Å². The summed E-state index contributed by atoms with van der Waals surface area (Å²) in [6, 6.07) is 15.5. The SMILES string of the molecule is [2H][C@](Nc1cc(OC)c2ncc(C#C)c(N[C@H](CC)c3ccccc3)c2c1)(C1=CN(C2CC2)NN1)c1ccc(F)nc1. The zero-order chi connectivity index (χ0) is 29.3. The summed E-state index contributed by atoms with van der Waals surface area (Å²) in [5, 5.41) is 9.72. The fourth-order valence-corrected chi connectivity index (χ4v) is 5.01. The lowest BCUT2D eigenvalue weighted by Crippen LogP contribution is -2.38. The molecule has 0 bridgehead atoms. The highest BCUT2D eigenvalue weighted by molar-refractivity contribution is 5.99. The van der Waals surface area contributed by atoms with E-state index in [0.29, 0.717) is 39.8 Å². The minimum absolute atomic E-state index is 0.000564. The average molecular weight is 551 g/mol. The van der Waals surface area contributed by atoms with Crippen LogP contribution in [0.4, 0.5) is 15.8 Å². The van der Waals surface area contributed by atoms with E-state index in [9.17, 15) is 5.76 Å². The third kappa shape index (κ3) is 5.47. The van der Waals surface area contributed by atoms with E-state index in [1.54, 1.807) is 25.4 Å². The standard InChI is InChI=1S/C32H32FN7O/c1-4-20-17-35-32-25(30(20)37-26(5-2)21-9-7-6-8-10-21)15-23(16-28(32)41-3)36-31(22-11-14-29(33)34-18-22)27-19-40(39-38-27)24-12-13-24/h1,6-11,14-19,24,26,31,36,38-39H,5,12-13H2,2-3H3,(H,35,37)/t26-,31-/m1/s1/i31D. The molecule has 1 aliphatic carbocycles. The van der Waals surface area contributed by atoms with Gasteiger partial charge in [-0.05, 0) is 42.5 Å². The second-order valence-corrected chi connectivity index (χ2v) is 10.1. The summed E-state index contributed by atoms with van der Waals surface area (Å²) in [4.78, 5) is 8.47. The summed E-state index contributed by atoms with van der Waals surface area (Å²) in [6.07, 6.45) is 13.8. The number of methoxy groups -OCH3 is 1. The zero-order valence-electron chi connectivity index (χ0n) is 23.9. The Morgan fingerprint density at radius 3 is 2.66 bits per heavy atom. The van der Waals surface area contributed by atoms with Crippen molar-refractivity contribution >= 4 is 22.3 Å². The van der Waals surface area contributed by atoms with Crippen LogP contribution in [0.2, 0.25) is 0 Å². The Bertz CT molecular complexity index is 1670. The van der Waals surface area contributed by atoms with Crippen molar-refractivity contribution in [1.29, 1.82) is 0 Å². The van der Waals surface area contributed by atoms with Gasteiger partial charge in [-0.25, -0.2) is 4.98 Å². The van der Waals surface area contributed by atoms with Gasteiger partial charge < -0.3 is 20.8 Å². The molecule has 0 spiro atoms. The summed E-state index contributed by atoms with van der Waals surface area (Å²) in [7, 11) is 1.58. The lowest BCUT2D eigenvalue weighted by Gasteiger charge is -2.24. The molecule has 41 heavy (non-hydrogen) atoms. The molecule has 208 valence electrons. The predicted molar refractivity (Wildman–Crippen MR) is 159 cm³/mol. The van der Waals surface area contributed by atoms with E-state index < -0.39 is 12.0 Å². The first kappa shape index (κ1) is 25.2. The van der Waals surface area contributed by atoms with Crippen molar-refractivity contribution in [3.05, 3.63) is 102 Å². The van der Waals surface area contributed by atoms with Crippen LogP contribution in [0, 0.1) is 18.3 Å². The molecule has 2 aliphatic rings. The van der Waals surface area contributed by atoms with Crippen molar-refractivity contribution in [3.63, 3.8) is 0 Å². The number of hydrazine groups is 2. The number of halogens is 1. The van der Waals surface area contributed by atoms with Gasteiger partial charge in [-0.3, -0.25) is 9.99 Å². The van der Waals surface area contributed by atoms with Crippen LogP contribution < -0.4 is 26.3 Å². The van der Waals surface area contributed by atoms with Gasteiger partial charge in [0.05, 0.1) is 37.5 Å².